The molecule has 3 nitrogen and oxygen atoms in total. The van der Waals surface area contributed by atoms with Crippen molar-refractivity contribution in [3.63, 3.8) is 0 Å². The third-order valence-electron chi connectivity index (χ3n) is 5.53. The molecule has 0 radical (unpaired) electrons. The van der Waals surface area contributed by atoms with E-state index in [9.17, 15) is 0 Å². The van der Waals surface area contributed by atoms with Gasteiger partial charge in [0.1, 0.15) is 5.82 Å². The first-order valence-electron chi connectivity index (χ1n) is 11.6. The van der Waals surface area contributed by atoms with Crippen molar-refractivity contribution >= 4 is 0 Å². The fourth-order valence-electron chi connectivity index (χ4n) is 3.69. The molecule has 3 heteroatoms. The summed E-state index contributed by atoms with van der Waals surface area (Å²) in [6.45, 7) is 4.42. The lowest BCUT2D eigenvalue weighted by Crippen LogP contribution is -2.19. The standard InChI is InChI=1S/C23H45N3/c1-3-5-6-7-8-9-10-11-12-13-14-15-16-17-18-19-23-25-20-21-26(23)22(24)4-2/h20-22H,3-19,24H2,1-2H3. The fourth-order valence-corrected chi connectivity index (χ4v) is 3.69. The molecular weight excluding hydrogens is 318 g/mol. The Morgan fingerprint density at radius 1 is 0.769 bits per heavy atom. The van der Waals surface area contributed by atoms with Crippen LogP contribution in [-0.4, -0.2) is 9.55 Å². The van der Waals surface area contributed by atoms with E-state index in [2.05, 4.69) is 23.4 Å². The Hall–Kier alpha value is -0.830. The normalized spacial score (nSPS) is 12.6. The van der Waals surface area contributed by atoms with Gasteiger partial charge < -0.3 is 10.3 Å². The van der Waals surface area contributed by atoms with E-state index in [-0.39, 0.29) is 6.17 Å². The van der Waals surface area contributed by atoms with Crippen molar-refractivity contribution in [3.8, 4) is 0 Å². The fraction of sp³-hybridized carbons (Fsp3) is 0.870. The molecule has 0 aliphatic carbocycles. The number of rotatable bonds is 18. The molecular formula is C23H45N3. The smallest absolute Gasteiger partial charge is 0.109 e. The van der Waals surface area contributed by atoms with Gasteiger partial charge in [0.25, 0.3) is 0 Å². The van der Waals surface area contributed by atoms with Crippen LogP contribution in [0, 0.1) is 0 Å². The first-order valence-corrected chi connectivity index (χ1v) is 11.6. The molecule has 0 saturated heterocycles. The van der Waals surface area contributed by atoms with Crippen molar-refractivity contribution in [1.29, 1.82) is 0 Å². The van der Waals surface area contributed by atoms with Gasteiger partial charge in [-0.3, -0.25) is 0 Å². The van der Waals surface area contributed by atoms with Crippen LogP contribution in [0.5, 0.6) is 0 Å². The summed E-state index contributed by atoms with van der Waals surface area (Å²) < 4.78 is 2.14. The SMILES string of the molecule is CCCCCCCCCCCCCCCCCc1nccn1C(N)CC. The summed E-state index contributed by atoms with van der Waals surface area (Å²) in [4.78, 5) is 4.47. The van der Waals surface area contributed by atoms with Crippen molar-refractivity contribution in [2.45, 2.75) is 129 Å². The highest BCUT2D eigenvalue weighted by atomic mass is 15.1. The predicted molar refractivity (Wildman–Crippen MR) is 114 cm³/mol. The second kappa shape index (κ2) is 16.4. The van der Waals surface area contributed by atoms with Crippen LogP contribution in [0.25, 0.3) is 0 Å². The van der Waals surface area contributed by atoms with Gasteiger partial charge in [-0.1, -0.05) is 104 Å². The molecule has 0 aromatic carbocycles. The number of nitrogens with two attached hydrogens (primary N) is 1. The van der Waals surface area contributed by atoms with E-state index in [1.807, 2.05) is 12.4 Å². The maximum absolute atomic E-state index is 6.12. The Balaban J connectivity index is 1.85. The number of unbranched alkanes of at least 4 members (excludes halogenated alkanes) is 14. The zero-order chi connectivity index (χ0) is 18.9. The van der Waals surface area contributed by atoms with Crippen LogP contribution < -0.4 is 5.73 Å². The van der Waals surface area contributed by atoms with Crippen LogP contribution in [-0.2, 0) is 6.42 Å². The molecule has 1 aromatic rings. The van der Waals surface area contributed by atoms with E-state index in [1.165, 1.54) is 96.3 Å². The Bertz CT molecular complexity index is 413. The number of imidazole rings is 1. The summed E-state index contributed by atoms with van der Waals surface area (Å²) in [6, 6.07) is 0. The molecule has 0 aliphatic rings. The zero-order valence-corrected chi connectivity index (χ0v) is 17.7. The van der Waals surface area contributed by atoms with E-state index in [0.29, 0.717) is 0 Å². The molecule has 1 aromatic heterocycles. The van der Waals surface area contributed by atoms with E-state index in [0.717, 1.165) is 18.7 Å². The molecule has 1 heterocycles. The maximum atomic E-state index is 6.12. The number of aromatic nitrogens is 2. The summed E-state index contributed by atoms with van der Waals surface area (Å²) in [7, 11) is 0. The lowest BCUT2D eigenvalue weighted by atomic mass is 10.0. The monoisotopic (exact) mass is 363 g/mol. The van der Waals surface area contributed by atoms with Crippen LogP contribution in [0.3, 0.4) is 0 Å². The first-order chi connectivity index (χ1) is 12.8. The van der Waals surface area contributed by atoms with E-state index < -0.39 is 0 Å². The van der Waals surface area contributed by atoms with Gasteiger partial charge in [0.05, 0.1) is 6.17 Å². The molecule has 0 saturated carbocycles. The highest BCUT2D eigenvalue weighted by molar-refractivity contribution is 4.94. The Kier molecular flexibility index (Phi) is 14.6. The summed E-state index contributed by atoms with van der Waals surface area (Å²) in [5.41, 5.74) is 6.12. The molecule has 1 rings (SSSR count). The first kappa shape index (κ1) is 23.2. The summed E-state index contributed by atoms with van der Waals surface area (Å²) >= 11 is 0. The van der Waals surface area contributed by atoms with Gasteiger partial charge in [0, 0.05) is 18.8 Å². The molecule has 0 spiro atoms. The number of hydrogen-bond donors (Lipinski definition) is 1. The van der Waals surface area contributed by atoms with Gasteiger partial charge in [-0.05, 0) is 12.8 Å². The van der Waals surface area contributed by atoms with Crippen LogP contribution in [0.15, 0.2) is 12.4 Å². The third kappa shape index (κ3) is 11.0. The summed E-state index contributed by atoms with van der Waals surface area (Å²) in [6.07, 6.45) is 27.2. The van der Waals surface area contributed by atoms with E-state index in [4.69, 9.17) is 5.73 Å². The van der Waals surface area contributed by atoms with E-state index in [1.54, 1.807) is 0 Å². The van der Waals surface area contributed by atoms with Crippen LogP contribution in [0.4, 0.5) is 0 Å². The van der Waals surface area contributed by atoms with Crippen molar-refractivity contribution in [3.05, 3.63) is 18.2 Å². The zero-order valence-electron chi connectivity index (χ0n) is 17.7. The summed E-state index contributed by atoms with van der Waals surface area (Å²) in [5, 5.41) is 0. The quantitative estimate of drug-likeness (QED) is 0.281. The molecule has 0 amide bonds. The summed E-state index contributed by atoms with van der Waals surface area (Å²) in [5.74, 6) is 1.16. The molecule has 152 valence electrons. The van der Waals surface area contributed by atoms with Gasteiger partial charge in [-0.2, -0.15) is 0 Å². The van der Waals surface area contributed by atoms with Gasteiger partial charge in [0.2, 0.25) is 0 Å². The topological polar surface area (TPSA) is 43.8 Å². The Morgan fingerprint density at radius 2 is 1.23 bits per heavy atom. The van der Waals surface area contributed by atoms with Crippen LogP contribution in [0.2, 0.25) is 0 Å². The molecule has 2 N–H and O–H groups in total. The largest absolute Gasteiger partial charge is 0.319 e. The highest BCUT2D eigenvalue weighted by Crippen LogP contribution is 2.15. The lowest BCUT2D eigenvalue weighted by molar-refractivity contribution is 0.477. The van der Waals surface area contributed by atoms with Crippen molar-refractivity contribution in [1.82, 2.24) is 9.55 Å². The molecule has 1 atom stereocenters. The van der Waals surface area contributed by atoms with Gasteiger partial charge >= 0.3 is 0 Å². The maximum Gasteiger partial charge on any atom is 0.109 e. The van der Waals surface area contributed by atoms with Crippen LogP contribution >= 0.6 is 0 Å². The second-order valence-corrected chi connectivity index (χ2v) is 7.93. The third-order valence-corrected chi connectivity index (χ3v) is 5.53. The van der Waals surface area contributed by atoms with E-state index >= 15 is 0 Å². The molecule has 26 heavy (non-hydrogen) atoms. The van der Waals surface area contributed by atoms with Gasteiger partial charge in [0.15, 0.2) is 0 Å². The average Bonchev–Trinajstić information content (AvgIpc) is 3.12. The Labute approximate surface area is 163 Å². The molecule has 0 aliphatic heterocycles. The second-order valence-electron chi connectivity index (χ2n) is 7.93. The minimum Gasteiger partial charge on any atom is -0.319 e. The Morgan fingerprint density at radius 3 is 1.69 bits per heavy atom. The molecule has 0 fully saturated rings. The van der Waals surface area contributed by atoms with Gasteiger partial charge in [-0.15, -0.1) is 0 Å². The number of hydrogen-bond acceptors (Lipinski definition) is 2. The average molecular weight is 364 g/mol. The molecule has 0 bridgehead atoms. The van der Waals surface area contributed by atoms with Crippen LogP contribution in [0.1, 0.15) is 129 Å². The number of aryl methyl sites for hydroxylation is 1. The van der Waals surface area contributed by atoms with Crippen molar-refractivity contribution in [2.75, 3.05) is 0 Å². The van der Waals surface area contributed by atoms with Crippen molar-refractivity contribution in [2.24, 2.45) is 5.73 Å². The highest BCUT2D eigenvalue weighted by Gasteiger charge is 2.07. The molecule has 1 unspecified atom stereocenters. The van der Waals surface area contributed by atoms with Crippen molar-refractivity contribution < 1.29 is 0 Å². The minimum absolute atomic E-state index is 0.0869. The number of nitrogens with zero attached hydrogens (tertiary/aromatic N) is 2. The lowest BCUT2D eigenvalue weighted by Gasteiger charge is -2.14. The van der Waals surface area contributed by atoms with Gasteiger partial charge in [-0.25, -0.2) is 4.98 Å². The minimum atomic E-state index is 0.0869. The predicted octanol–water partition coefficient (Wildman–Crippen LogP) is 7.16.